The van der Waals surface area contributed by atoms with Crippen molar-refractivity contribution in [1.82, 2.24) is 15.1 Å². The number of hydrogen-bond acceptors (Lipinski definition) is 3. The highest BCUT2D eigenvalue weighted by Crippen LogP contribution is 2.45. The Morgan fingerprint density at radius 2 is 2.00 bits per heavy atom. The molecule has 5 nitrogen and oxygen atoms in total. The summed E-state index contributed by atoms with van der Waals surface area (Å²) < 4.78 is 0. The maximum atomic E-state index is 13.0. The summed E-state index contributed by atoms with van der Waals surface area (Å²) in [5.74, 6) is -0.119. The van der Waals surface area contributed by atoms with E-state index in [2.05, 4.69) is 16.8 Å². The number of aromatic nitrogens is 2. The molecule has 0 bridgehead atoms. The number of nitrogens with zero attached hydrogens (tertiary/aromatic N) is 2. The third-order valence-corrected chi connectivity index (χ3v) is 5.57. The van der Waals surface area contributed by atoms with Crippen LogP contribution in [0.25, 0.3) is 11.3 Å². The lowest BCUT2D eigenvalue weighted by atomic mass is 9.95. The number of phenols is 1. The molecule has 0 spiro atoms. The van der Waals surface area contributed by atoms with Crippen LogP contribution in [-0.2, 0) is 0 Å². The first-order chi connectivity index (χ1) is 13.4. The van der Waals surface area contributed by atoms with Crippen LogP contribution < -0.4 is 0 Å². The number of carbonyl (C=O) groups excluding carboxylic acids is 1. The van der Waals surface area contributed by atoms with E-state index in [4.69, 9.17) is 23.2 Å². The Kier molecular flexibility index (Phi) is 4.65. The number of rotatable bonds is 4. The molecule has 1 aromatic heterocycles. The van der Waals surface area contributed by atoms with Crippen LogP contribution in [0.3, 0.4) is 0 Å². The lowest BCUT2D eigenvalue weighted by Crippen LogP contribution is -2.29. The molecule has 142 valence electrons. The summed E-state index contributed by atoms with van der Waals surface area (Å²) in [6.07, 6.45) is 1.68. The predicted octanol–water partition coefficient (Wildman–Crippen LogP) is 5.13. The minimum atomic E-state index is -0.383. The van der Waals surface area contributed by atoms with Crippen molar-refractivity contribution in [3.63, 3.8) is 0 Å². The SMILES string of the molecule is C=CCN1C(=O)c2[nH]nc(-c3cc(Cl)c(C)cc3O)c2C1c1ccc(Cl)cc1. The maximum absolute atomic E-state index is 13.0. The van der Waals surface area contributed by atoms with Crippen molar-refractivity contribution in [2.24, 2.45) is 0 Å². The van der Waals surface area contributed by atoms with Gasteiger partial charge < -0.3 is 10.0 Å². The molecule has 2 heterocycles. The fraction of sp³-hybridized carbons (Fsp3) is 0.143. The molecule has 1 amide bonds. The second-order valence-electron chi connectivity index (χ2n) is 6.68. The summed E-state index contributed by atoms with van der Waals surface area (Å²) in [6.45, 7) is 5.95. The summed E-state index contributed by atoms with van der Waals surface area (Å²) in [5.41, 5.74) is 3.71. The molecule has 2 aromatic carbocycles. The molecule has 2 N–H and O–H groups in total. The van der Waals surface area contributed by atoms with Crippen LogP contribution in [0.5, 0.6) is 5.75 Å². The highest BCUT2D eigenvalue weighted by molar-refractivity contribution is 6.31. The number of halogens is 2. The molecule has 0 saturated heterocycles. The van der Waals surface area contributed by atoms with Gasteiger partial charge in [0.25, 0.3) is 5.91 Å². The number of H-pyrrole nitrogens is 1. The number of aromatic amines is 1. The molecule has 1 aliphatic rings. The van der Waals surface area contributed by atoms with Crippen LogP contribution in [0.1, 0.15) is 33.2 Å². The van der Waals surface area contributed by atoms with Crippen molar-refractivity contribution >= 4 is 29.1 Å². The van der Waals surface area contributed by atoms with Gasteiger partial charge in [-0.2, -0.15) is 5.10 Å². The van der Waals surface area contributed by atoms with Gasteiger partial charge in [0.15, 0.2) is 0 Å². The fourth-order valence-electron chi connectivity index (χ4n) is 3.58. The Labute approximate surface area is 172 Å². The first-order valence-electron chi connectivity index (χ1n) is 8.67. The highest BCUT2D eigenvalue weighted by Gasteiger charge is 2.42. The van der Waals surface area contributed by atoms with Gasteiger partial charge >= 0.3 is 0 Å². The molecular formula is C21H17Cl2N3O2. The predicted molar refractivity (Wildman–Crippen MR) is 110 cm³/mol. The smallest absolute Gasteiger partial charge is 0.273 e. The zero-order valence-electron chi connectivity index (χ0n) is 15.0. The third-order valence-electron chi connectivity index (χ3n) is 4.91. The zero-order chi connectivity index (χ0) is 20.0. The molecule has 1 unspecified atom stereocenters. The topological polar surface area (TPSA) is 69.2 Å². The number of amides is 1. The lowest BCUT2D eigenvalue weighted by molar-refractivity contribution is 0.0764. The van der Waals surface area contributed by atoms with Crippen molar-refractivity contribution in [3.8, 4) is 17.0 Å². The summed E-state index contributed by atoms with van der Waals surface area (Å²) in [4.78, 5) is 14.7. The largest absolute Gasteiger partial charge is 0.507 e. The number of phenolic OH excluding ortho intramolecular Hbond substituents is 1. The van der Waals surface area contributed by atoms with Crippen molar-refractivity contribution in [1.29, 1.82) is 0 Å². The minimum Gasteiger partial charge on any atom is -0.507 e. The number of hydrogen-bond donors (Lipinski definition) is 2. The van der Waals surface area contributed by atoms with Gasteiger partial charge in [-0.05, 0) is 42.3 Å². The fourth-order valence-corrected chi connectivity index (χ4v) is 3.87. The van der Waals surface area contributed by atoms with Crippen LogP contribution in [0, 0.1) is 6.92 Å². The van der Waals surface area contributed by atoms with Crippen molar-refractivity contribution in [3.05, 3.63) is 81.5 Å². The van der Waals surface area contributed by atoms with Crippen LogP contribution in [-0.4, -0.2) is 32.7 Å². The molecule has 3 aromatic rings. The highest BCUT2D eigenvalue weighted by atomic mass is 35.5. The standard InChI is InChI=1S/C21H17Cl2N3O2/c1-3-8-26-20(12-4-6-13(22)7-5-12)17-18(24-25-19(17)21(26)28)14-10-15(23)11(2)9-16(14)27/h3-7,9-10,20,27H,1,8H2,2H3,(H,24,25). The van der Waals surface area contributed by atoms with Gasteiger partial charge in [-0.1, -0.05) is 41.4 Å². The maximum Gasteiger partial charge on any atom is 0.273 e. The van der Waals surface area contributed by atoms with E-state index in [1.165, 1.54) is 0 Å². The third kappa shape index (κ3) is 2.87. The number of aryl methyl sites for hydroxylation is 1. The first-order valence-corrected chi connectivity index (χ1v) is 9.43. The molecule has 28 heavy (non-hydrogen) atoms. The van der Waals surface area contributed by atoms with E-state index < -0.39 is 0 Å². The molecule has 7 heteroatoms. The second-order valence-corrected chi connectivity index (χ2v) is 7.52. The number of fused-ring (bicyclic) bond motifs is 1. The van der Waals surface area contributed by atoms with Gasteiger partial charge in [-0.15, -0.1) is 6.58 Å². The van der Waals surface area contributed by atoms with E-state index in [9.17, 15) is 9.90 Å². The second kappa shape index (κ2) is 7.00. The van der Waals surface area contributed by atoms with Crippen LogP contribution >= 0.6 is 23.2 Å². The Hall–Kier alpha value is -2.76. The van der Waals surface area contributed by atoms with Gasteiger partial charge in [0.2, 0.25) is 0 Å². The van der Waals surface area contributed by atoms with Crippen LogP contribution in [0.2, 0.25) is 10.0 Å². The number of carbonyl (C=O) groups is 1. The minimum absolute atomic E-state index is 0.0562. The van der Waals surface area contributed by atoms with Gasteiger partial charge in [-0.25, -0.2) is 0 Å². The summed E-state index contributed by atoms with van der Waals surface area (Å²) >= 11 is 12.3. The van der Waals surface area contributed by atoms with Crippen molar-refractivity contribution in [2.45, 2.75) is 13.0 Å². The molecule has 0 fully saturated rings. The summed E-state index contributed by atoms with van der Waals surface area (Å²) in [5, 5.41) is 18.8. The Bertz CT molecular complexity index is 1090. The average molecular weight is 414 g/mol. The summed E-state index contributed by atoms with van der Waals surface area (Å²) in [6, 6.07) is 10.2. The number of aromatic hydroxyl groups is 1. The van der Waals surface area contributed by atoms with E-state index in [-0.39, 0.29) is 17.7 Å². The van der Waals surface area contributed by atoms with Crippen LogP contribution in [0.4, 0.5) is 0 Å². The van der Waals surface area contributed by atoms with Gasteiger partial charge in [0, 0.05) is 27.7 Å². The Morgan fingerprint density at radius 3 is 2.68 bits per heavy atom. The van der Waals surface area contributed by atoms with Crippen LogP contribution in [0.15, 0.2) is 49.1 Å². The number of nitrogens with one attached hydrogen (secondary N) is 1. The normalized spacial score (nSPS) is 15.8. The van der Waals surface area contributed by atoms with E-state index in [1.807, 2.05) is 19.1 Å². The van der Waals surface area contributed by atoms with Gasteiger partial charge in [0.05, 0.1) is 6.04 Å². The molecule has 0 aliphatic carbocycles. The van der Waals surface area contributed by atoms with Gasteiger partial charge in [-0.3, -0.25) is 9.89 Å². The van der Waals surface area contributed by atoms with Gasteiger partial charge in [0.1, 0.15) is 17.1 Å². The van der Waals surface area contributed by atoms with E-state index in [1.54, 1.807) is 35.2 Å². The van der Waals surface area contributed by atoms with Crippen molar-refractivity contribution in [2.75, 3.05) is 6.54 Å². The Balaban J connectivity index is 1.93. The zero-order valence-corrected chi connectivity index (χ0v) is 16.6. The molecule has 1 aliphatic heterocycles. The number of benzene rings is 2. The van der Waals surface area contributed by atoms with E-state index in [0.29, 0.717) is 39.1 Å². The molecular weight excluding hydrogens is 397 g/mol. The molecule has 0 radical (unpaired) electrons. The quantitative estimate of drug-likeness (QED) is 0.582. The monoisotopic (exact) mass is 413 g/mol. The lowest BCUT2D eigenvalue weighted by Gasteiger charge is -2.25. The Morgan fingerprint density at radius 1 is 1.29 bits per heavy atom. The first kappa shape index (κ1) is 18.6. The summed E-state index contributed by atoms with van der Waals surface area (Å²) in [7, 11) is 0. The molecule has 0 saturated carbocycles. The van der Waals surface area contributed by atoms with E-state index >= 15 is 0 Å². The molecule has 1 atom stereocenters. The molecule has 4 rings (SSSR count). The van der Waals surface area contributed by atoms with Crippen molar-refractivity contribution < 1.29 is 9.90 Å². The van der Waals surface area contributed by atoms with E-state index in [0.717, 1.165) is 11.1 Å². The average Bonchev–Trinajstić information content (AvgIpc) is 3.20.